The Hall–Kier alpha value is -0.0800. The van der Waals surface area contributed by atoms with Gasteiger partial charge in [0.05, 0.1) is 12.2 Å². The summed E-state index contributed by atoms with van der Waals surface area (Å²) in [5, 5.41) is 0. The summed E-state index contributed by atoms with van der Waals surface area (Å²) in [6.07, 6.45) is 3.14. The van der Waals surface area contributed by atoms with Gasteiger partial charge in [0.25, 0.3) is 0 Å². The molecule has 1 heterocycles. The highest BCUT2D eigenvalue weighted by molar-refractivity contribution is 4.79. The Balaban J connectivity index is 2.13. The molecule has 0 aliphatic carbocycles. The van der Waals surface area contributed by atoms with Crippen LogP contribution in [-0.4, -0.2) is 25.4 Å². The van der Waals surface area contributed by atoms with Gasteiger partial charge >= 0.3 is 0 Å². The highest BCUT2D eigenvalue weighted by Gasteiger charge is 2.29. The molecule has 1 radical (unpaired) electrons. The lowest BCUT2D eigenvalue weighted by atomic mass is 10.1. The Bertz CT molecular complexity index is 106. The molecule has 65 valence electrons. The maximum Gasteiger partial charge on any atom is 0.0887 e. The Kier molecular flexibility index (Phi) is 3.34. The second-order valence-electron chi connectivity index (χ2n) is 3.31. The molecule has 0 saturated carbocycles. The highest BCUT2D eigenvalue weighted by atomic mass is 16.5. The van der Waals surface area contributed by atoms with E-state index in [-0.39, 0.29) is 5.60 Å². The first-order valence-corrected chi connectivity index (χ1v) is 4.28. The van der Waals surface area contributed by atoms with E-state index >= 15 is 0 Å². The van der Waals surface area contributed by atoms with E-state index in [1.54, 1.807) is 0 Å². The summed E-state index contributed by atoms with van der Waals surface area (Å²) in [7, 11) is 0. The molecular formula is C9H17O2. The van der Waals surface area contributed by atoms with Gasteiger partial charge < -0.3 is 9.47 Å². The molecule has 1 unspecified atom stereocenters. The first kappa shape index (κ1) is 9.01. The lowest BCUT2D eigenvalue weighted by Crippen LogP contribution is -2.29. The van der Waals surface area contributed by atoms with Crippen molar-refractivity contribution in [3.63, 3.8) is 0 Å². The van der Waals surface area contributed by atoms with E-state index < -0.39 is 0 Å². The van der Waals surface area contributed by atoms with Gasteiger partial charge in [-0.25, -0.2) is 0 Å². The van der Waals surface area contributed by atoms with Crippen molar-refractivity contribution in [1.29, 1.82) is 0 Å². The molecule has 0 aromatic rings. The second-order valence-corrected chi connectivity index (χ2v) is 3.31. The van der Waals surface area contributed by atoms with E-state index in [1.165, 1.54) is 6.42 Å². The summed E-state index contributed by atoms with van der Waals surface area (Å²) in [6, 6.07) is 0. The van der Waals surface area contributed by atoms with Crippen molar-refractivity contribution in [3.8, 4) is 0 Å². The summed E-state index contributed by atoms with van der Waals surface area (Å²) in [6.45, 7) is 8.19. The predicted octanol–water partition coefficient (Wildman–Crippen LogP) is 1.80. The summed E-state index contributed by atoms with van der Waals surface area (Å²) >= 11 is 0. The second kappa shape index (κ2) is 4.07. The van der Waals surface area contributed by atoms with E-state index in [9.17, 15) is 0 Å². The minimum absolute atomic E-state index is 0.00479. The molecule has 2 heteroatoms. The molecule has 1 atom stereocenters. The van der Waals surface area contributed by atoms with Gasteiger partial charge in [-0.1, -0.05) is 6.92 Å². The lowest BCUT2D eigenvalue weighted by Gasteiger charge is -2.22. The van der Waals surface area contributed by atoms with E-state index in [2.05, 4.69) is 13.8 Å². The Labute approximate surface area is 68.9 Å². The van der Waals surface area contributed by atoms with Crippen LogP contribution in [0.25, 0.3) is 0 Å². The third-order valence-electron chi connectivity index (χ3n) is 2.00. The lowest BCUT2D eigenvalue weighted by molar-refractivity contribution is -0.0503. The monoisotopic (exact) mass is 157 g/mol. The average Bonchev–Trinajstić information content (AvgIpc) is 2.38. The molecule has 1 aliphatic heterocycles. The van der Waals surface area contributed by atoms with Crippen molar-refractivity contribution in [1.82, 2.24) is 0 Å². The molecule has 0 bridgehead atoms. The molecule has 0 aromatic heterocycles. The fourth-order valence-corrected chi connectivity index (χ4v) is 1.34. The zero-order chi connectivity index (χ0) is 8.16. The largest absolute Gasteiger partial charge is 0.378 e. The van der Waals surface area contributed by atoms with Crippen LogP contribution in [0.5, 0.6) is 0 Å². The molecule has 11 heavy (non-hydrogen) atoms. The fraction of sp³-hybridized carbons (Fsp3) is 0.889. The molecule has 0 spiro atoms. The molecule has 0 amide bonds. The third kappa shape index (κ3) is 2.80. The van der Waals surface area contributed by atoms with Crippen LogP contribution in [0.3, 0.4) is 0 Å². The molecular weight excluding hydrogens is 140 g/mol. The van der Waals surface area contributed by atoms with Crippen molar-refractivity contribution < 1.29 is 9.47 Å². The maximum absolute atomic E-state index is 5.54. The van der Waals surface area contributed by atoms with Gasteiger partial charge in [0.1, 0.15) is 0 Å². The average molecular weight is 157 g/mol. The van der Waals surface area contributed by atoms with Crippen LogP contribution in [0, 0.1) is 6.92 Å². The molecule has 0 aromatic carbocycles. The van der Waals surface area contributed by atoms with E-state index in [0.29, 0.717) is 0 Å². The van der Waals surface area contributed by atoms with E-state index in [1.807, 2.05) is 0 Å². The summed E-state index contributed by atoms with van der Waals surface area (Å²) in [5.74, 6) is 0. The summed E-state index contributed by atoms with van der Waals surface area (Å²) in [5.41, 5.74) is -0.00479. The molecule has 1 saturated heterocycles. The molecule has 1 rings (SSSR count). The van der Waals surface area contributed by atoms with E-state index in [0.717, 1.165) is 32.7 Å². The number of rotatable bonds is 4. The normalized spacial score (nSPS) is 31.1. The molecule has 1 aliphatic rings. The maximum atomic E-state index is 5.54. The van der Waals surface area contributed by atoms with Gasteiger partial charge in [0, 0.05) is 13.2 Å². The first-order chi connectivity index (χ1) is 5.27. The summed E-state index contributed by atoms with van der Waals surface area (Å²) in [4.78, 5) is 0. The standard InChI is InChI=1S/C9H17O2/c1-3-6-10-8-9(2)5-4-7-11-9/h1,3-8H2,2H3. The Morgan fingerprint density at radius 2 is 2.45 bits per heavy atom. The van der Waals surface area contributed by atoms with Gasteiger partial charge in [-0.15, -0.1) is 0 Å². The van der Waals surface area contributed by atoms with Crippen LogP contribution < -0.4 is 0 Å². The van der Waals surface area contributed by atoms with Crippen LogP contribution in [0.1, 0.15) is 26.2 Å². The van der Waals surface area contributed by atoms with Gasteiger partial charge in [-0.05, 0) is 26.2 Å². The van der Waals surface area contributed by atoms with Gasteiger partial charge in [0.15, 0.2) is 0 Å². The summed E-state index contributed by atoms with van der Waals surface area (Å²) < 4.78 is 10.9. The molecule has 2 nitrogen and oxygen atoms in total. The van der Waals surface area contributed by atoms with Crippen molar-refractivity contribution in [3.05, 3.63) is 6.92 Å². The zero-order valence-corrected chi connectivity index (χ0v) is 7.27. The Morgan fingerprint density at radius 1 is 1.64 bits per heavy atom. The minimum atomic E-state index is -0.00479. The highest BCUT2D eigenvalue weighted by Crippen LogP contribution is 2.24. The number of hydrogen-bond donors (Lipinski definition) is 0. The predicted molar refractivity (Wildman–Crippen MR) is 44.4 cm³/mol. The SMILES string of the molecule is [CH2]CCOCC1(C)CCCO1. The van der Waals surface area contributed by atoms with Crippen molar-refractivity contribution in [2.24, 2.45) is 0 Å². The van der Waals surface area contributed by atoms with E-state index in [4.69, 9.17) is 9.47 Å². The first-order valence-electron chi connectivity index (χ1n) is 4.28. The Morgan fingerprint density at radius 3 is 3.00 bits per heavy atom. The fourth-order valence-electron chi connectivity index (χ4n) is 1.34. The van der Waals surface area contributed by atoms with Crippen LogP contribution in [-0.2, 0) is 9.47 Å². The van der Waals surface area contributed by atoms with Crippen molar-refractivity contribution in [2.75, 3.05) is 19.8 Å². The van der Waals surface area contributed by atoms with Crippen molar-refractivity contribution >= 4 is 0 Å². The topological polar surface area (TPSA) is 18.5 Å². The minimum Gasteiger partial charge on any atom is -0.378 e. The van der Waals surface area contributed by atoms with Gasteiger partial charge in [-0.3, -0.25) is 0 Å². The quantitative estimate of drug-likeness (QED) is 0.579. The van der Waals surface area contributed by atoms with Gasteiger partial charge in [-0.2, -0.15) is 0 Å². The van der Waals surface area contributed by atoms with Crippen LogP contribution in [0.4, 0.5) is 0 Å². The van der Waals surface area contributed by atoms with Gasteiger partial charge in [0.2, 0.25) is 0 Å². The molecule has 1 fully saturated rings. The van der Waals surface area contributed by atoms with Crippen molar-refractivity contribution in [2.45, 2.75) is 31.8 Å². The van der Waals surface area contributed by atoms with Crippen LogP contribution in [0.2, 0.25) is 0 Å². The third-order valence-corrected chi connectivity index (χ3v) is 2.00. The number of hydrogen-bond acceptors (Lipinski definition) is 2. The van der Waals surface area contributed by atoms with Crippen LogP contribution >= 0.6 is 0 Å². The van der Waals surface area contributed by atoms with Crippen LogP contribution in [0.15, 0.2) is 0 Å². The number of ether oxygens (including phenoxy) is 2. The zero-order valence-electron chi connectivity index (χ0n) is 7.27. The molecule has 0 N–H and O–H groups in total. The smallest absolute Gasteiger partial charge is 0.0887 e.